The highest BCUT2D eigenvalue weighted by Gasteiger charge is 2.24. The summed E-state index contributed by atoms with van der Waals surface area (Å²) >= 11 is 0. The zero-order valence-corrected chi connectivity index (χ0v) is 27.4. The normalized spacial score (nSPS) is 12.6. The fourth-order valence-electron chi connectivity index (χ4n) is 7.75. The topological polar surface area (TPSA) is 35.6 Å². The van der Waals surface area contributed by atoms with Crippen molar-refractivity contribution in [3.8, 4) is 45.3 Å². The Morgan fingerprint density at radius 1 is 0.480 bits per heavy atom. The van der Waals surface area contributed by atoms with Gasteiger partial charge in [0.15, 0.2) is 5.82 Å². The van der Waals surface area contributed by atoms with E-state index in [1.165, 1.54) is 49.7 Å². The average Bonchev–Trinajstić information content (AvgIpc) is 3.72. The average molecular weight is 641 g/mol. The summed E-state index contributed by atoms with van der Waals surface area (Å²) in [5.74, 6) is 0.723. The number of fused-ring (bicyclic) bond motifs is 7. The molecule has 0 saturated heterocycles. The van der Waals surface area contributed by atoms with Gasteiger partial charge in [-0.15, -0.1) is 0 Å². The van der Waals surface area contributed by atoms with E-state index < -0.39 is 0 Å². The molecule has 0 unspecified atom stereocenters. The van der Waals surface area contributed by atoms with E-state index in [2.05, 4.69) is 155 Å². The molecule has 0 amide bonds. The summed E-state index contributed by atoms with van der Waals surface area (Å²) in [6.07, 6.45) is 6.66. The van der Waals surface area contributed by atoms with Gasteiger partial charge in [-0.2, -0.15) is 0 Å². The van der Waals surface area contributed by atoms with Crippen molar-refractivity contribution in [3.63, 3.8) is 0 Å². The van der Waals surface area contributed by atoms with E-state index in [-0.39, 0.29) is 0 Å². The predicted molar refractivity (Wildman–Crippen MR) is 207 cm³/mol. The first-order valence-electron chi connectivity index (χ1n) is 17.2. The molecule has 4 nitrogen and oxygen atoms in total. The van der Waals surface area contributed by atoms with Crippen LogP contribution in [-0.4, -0.2) is 19.1 Å². The highest BCUT2D eigenvalue weighted by molar-refractivity contribution is 6.22. The molecule has 0 radical (unpaired) electrons. The maximum atomic E-state index is 5.09. The molecule has 3 aromatic heterocycles. The fourth-order valence-corrected chi connectivity index (χ4v) is 7.75. The van der Waals surface area contributed by atoms with Crippen molar-refractivity contribution in [2.75, 3.05) is 0 Å². The SMILES string of the molecule is C1=Cc2c(n(-c3ccc(-c4cc(-c5ccccc5)nc(-c5ccccc5)n4)cc3)c3c2ccc2c3c3ccccc3n2-c2ccccc2)CC1. The summed E-state index contributed by atoms with van der Waals surface area (Å²) in [5.41, 5.74) is 13.6. The lowest BCUT2D eigenvalue weighted by atomic mass is 10.0. The number of allylic oxidation sites excluding steroid dienone is 1. The molecule has 3 heterocycles. The van der Waals surface area contributed by atoms with Crippen molar-refractivity contribution in [1.29, 1.82) is 0 Å². The number of hydrogen-bond donors (Lipinski definition) is 0. The summed E-state index contributed by atoms with van der Waals surface area (Å²) in [5, 5.41) is 3.83. The van der Waals surface area contributed by atoms with Gasteiger partial charge in [0.1, 0.15) is 0 Å². The van der Waals surface area contributed by atoms with Gasteiger partial charge in [0.25, 0.3) is 0 Å². The molecule has 0 aliphatic heterocycles. The second-order valence-corrected chi connectivity index (χ2v) is 12.9. The molecule has 4 heteroatoms. The first-order valence-corrected chi connectivity index (χ1v) is 17.2. The monoisotopic (exact) mass is 640 g/mol. The standard InChI is InChI=1S/C46H32N4/c1-4-14-31(15-5-1)39-30-40(48-46(47-39)33-16-6-2-7-17-33)32-24-26-35(27-25-32)50-41-22-12-10-20-36(41)37-28-29-43-44(45(37)50)38-21-11-13-23-42(38)49(43)34-18-8-3-9-19-34/h1-11,13-21,23-30H,12,22H2. The molecule has 10 rings (SSSR count). The smallest absolute Gasteiger partial charge is 0.160 e. The molecule has 6 aromatic carbocycles. The van der Waals surface area contributed by atoms with Gasteiger partial charge in [0.2, 0.25) is 0 Å². The van der Waals surface area contributed by atoms with Gasteiger partial charge < -0.3 is 9.13 Å². The number of rotatable bonds is 5. The first-order chi connectivity index (χ1) is 24.8. The number of aromatic nitrogens is 4. The first kappa shape index (κ1) is 28.5. The van der Waals surface area contributed by atoms with Crippen molar-refractivity contribution in [2.45, 2.75) is 12.8 Å². The summed E-state index contributed by atoms with van der Waals surface area (Å²) in [4.78, 5) is 10.1. The van der Waals surface area contributed by atoms with Crippen LogP contribution in [0.2, 0.25) is 0 Å². The Balaban J connectivity index is 1.18. The molecule has 9 aromatic rings. The Morgan fingerprint density at radius 3 is 1.84 bits per heavy atom. The van der Waals surface area contributed by atoms with Crippen LogP contribution in [0.4, 0.5) is 0 Å². The molecular weight excluding hydrogens is 609 g/mol. The van der Waals surface area contributed by atoms with Crippen LogP contribution in [0, 0.1) is 0 Å². The van der Waals surface area contributed by atoms with Crippen molar-refractivity contribution in [1.82, 2.24) is 19.1 Å². The van der Waals surface area contributed by atoms with Crippen LogP contribution in [0.1, 0.15) is 17.7 Å². The highest BCUT2D eigenvalue weighted by Crippen LogP contribution is 2.42. The van der Waals surface area contributed by atoms with Crippen LogP contribution >= 0.6 is 0 Å². The number of nitrogens with zero attached hydrogens (tertiary/aromatic N) is 4. The van der Waals surface area contributed by atoms with Crippen LogP contribution in [0.25, 0.3) is 84.1 Å². The Morgan fingerprint density at radius 2 is 1.10 bits per heavy atom. The molecule has 1 aliphatic rings. The van der Waals surface area contributed by atoms with Gasteiger partial charge >= 0.3 is 0 Å². The zero-order chi connectivity index (χ0) is 33.0. The number of hydrogen-bond acceptors (Lipinski definition) is 2. The number of benzene rings is 6. The molecular formula is C46H32N4. The third-order valence-corrected chi connectivity index (χ3v) is 10.0. The van der Waals surface area contributed by atoms with Gasteiger partial charge in [0, 0.05) is 55.5 Å². The minimum absolute atomic E-state index is 0.723. The van der Waals surface area contributed by atoms with Gasteiger partial charge in [-0.05, 0) is 55.3 Å². The third kappa shape index (κ3) is 4.53. The molecule has 0 N–H and O–H groups in total. The van der Waals surface area contributed by atoms with Gasteiger partial charge in [0.05, 0.1) is 27.9 Å². The molecule has 0 spiro atoms. The molecule has 0 saturated carbocycles. The van der Waals surface area contributed by atoms with E-state index in [4.69, 9.17) is 9.97 Å². The molecule has 50 heavy (non-hydrogen) atoms. The summed E-state index contributed by atoms with van der Waals surface area (Å²) < 4.78 is 4.93. The second kappa shape index (κ2) is 11.6. The lowest BCUT2D eigenvalue weighted by Crippen LogP contribution is -2.03. The quantitative estimate of drug-likeness (QED) is 0.188. The van der Waals surface area contributed by atoms with Crippen LogP contribution in [0.3, 0.4) is 0 Å². The van der Waals surface area contributed by atoms with Gasteiger partial charge in [-0.1, -0.05) is 127 Å². The van der Waals surface area contributed by atoms with E-state index in [0.717, 1.165) is 52.4 Å². The molecule has 1 aliphatic carbocycles. The number of para-hydroxylation sites is 2. The minimum Gasteiger partial charge on any atom is -0.312 e. The third-order valence-electron chi connectivity index (χ3n) is 10.0. The minimum atomic E-state index is 0.723. The lowest BCUT2D eigenvalue weighted by molar-refractivity contribution is 0.890. The van der Waals surface area contributed by atoms with Crippen LogP contribution < -0.4 is 0 Å². The van der Waals surface area contributed by atoms with Gasteiger partial charge in [-0.3, -0.25) is 0 Å². The fraction of sp³-hybridized carbons (Fsp3) is 0.0435. The Bertz CT molecular complexity index is 2660. The summed E-state index contributed by atoms with van der Waals surface area (Å²) in [6, 6.07) is 55.8. The van der Waals surface area contributed by atoms with E-state index in [9.17, 15) is 0 Å². The van der Waals surface area contributed by atoms with E-state index in [1.54, 1.807) is 0 Å². The molecule has 0 bridgehead atoms. The molecule has 0 atom stereocenters. The largest absolute Gasteiger partial charge is 0.312 e. The Kier molecular flexibility index (Phi) is 6.59. The van der Waals surface area contributed by atoms with Crippen LogP contribution in [0.15, 0.2) is 164 Å². The summed E-state index contributed by atoms with van der Waals surface area (Å²) in [6.45, 7) is 0. The highest BCUT2D eigenvalue weighted by atomic mass is 15.0. The molecule has 236 valence electrons. The molecule has 0 fully saturated rings. The maximum Gasteiger partial charge on any atom is 0.160 e. The van der Waals surface area contributed by atoms with Crippen LogP contribution in [-0.2, 0) is 6.42 Å². The van der Waals surface area contributed by atoms with Crippen molar-refractivity contribution in [2.24, 2.45) is 0 Å². The van der Waals surface area contributed by atoms with Gasteiger partial charge in [-0.25, -0.2) is 9.97 Å². The van der Waals surface area contributed by atoms with Crippen LogP contribution in [0.5, 0.6) is 0 Å². The lowest BCUT2D eigenvalue weighted by Gasteiger charge is -2.15. The maximum absolute atomic E-state index is 5.09. The van der Waals surface area contributed by atoms with E-state index in [0.29, 0.717) is 0 Å². The van der Waals surface area contributed by atoms with Crippen molar-refractivity contribution in [3.05, 3.63) is 175 Å². The zero-order valence-electron chi connectivity index (χ0n) is 27.4. The Labute approximate surface area is 290 Å². The second-order valence-electron chi connectivity index (χ2n) is 12.9. The van der Waals surface area contributed by atoms with Crippen molar-refractivity contribution >= 4 is 38.8 Å². The van der Waals surface area contributed by atoms with E-state index >= 15 is 0 Å². The van der Waals surface area contributed by atoms with E-state index in [1.807, 2.05) is 24.3 Å². The summed E-state index contributed by atoms with van der Waals surface area (Å²) in [7, 11) is 0. The predicted octanol–water partition coefficient (Wildman–Crippen LogP) is 11.5. The van der Waals surface area contributed by atoms with Crippen molar-refractivity contribution < 1.29 is 0 Å². The Hall–Kier alpha value is -6.52.